The van der Waals surface area contributed by atoms with Gasteiger partial charge in [0.25, 0.3) is 0 Å². The quantitative estimate of drug-likeness (QED) is 0.578. The molecule has 0 unspecified atom stereocenters. The zero-order valence-electron chi connectivity index (χ0n) is 12.9. The van der Waals surface area contributed by atoms with Gasteiger partial charge in [0.2, 0.25) is 0 Å². The summed E-state index contributed by atoms with van der Waals surface area (Å²) >= 11 is 0. The Morgan fingerprint density at radius 2 is 1.27 bits per heavy atom. The average Bonchev–Trinajstić information content (AvgIpc) is 3.41. The third-order valence-electron chi connectivity index (χ3n) is 3.22. The van der Waals surface area contributed by atoms with Crippen LogP contribution < -0.4 is 0 Å². The van der Waals surface area contributed by atoms with Crippen molar-refractivity contribution in [1.29, 1.82) is 0 Å². The van der Waals surface area contributed by atoms with Gasteiger partial charge in [0, 0.05) is 0 Å². The third kappa shape index (κ3) is 6.71. The van der Waals surface area contributed by atoms with Crippen molar-refractivity contribution in [3.8, 4) is 0 Å². The van der Waals surface area contributed by atoms with E-state index in [0.29, 0.717) is 0 Å². The second kappa shape index (κ2) is 9.36. The maximum Gasteiger partial charge on any atom is -0.0257 e. The smallest absolute Gasteiger partial charge is 0.0257 e. The Bertz CT molecular complexity index is 637. The second-order valence-corrected chi connectivity index (χ2v) is 5.09. The molecule has 1 fully saturated rings. The molecule has 0 spiro atoms. The average molecular weight is 286 g/mol. The van der Waals surface area contributed by atoms with Crippen LogP contribution in [0.25, 0.3) is 12.2 Å². The minimum absolute atomic E-state index is 1.17. The van der Waals surface area contributed by atoms with Gasteiger partial charge in [-0.05, 0) is 24.0 Å². The number of hydrogen-bond acceptors (Lipinski definition) is 0. The van der Waals surface area contributed by atoms with Gasteiger partial charge in [0.1, 0.15) is 0 Å². The van der Waals surface area contributed by atoms with Gasteiger partial charge in [-0.25, -0.2) is 0 Å². The lowest BCUT2D eigenvalue weighted by Gasteiger charge is -1.87. The largest absolute Gasteiger partial charge is 0.0985 e. The van der Waals surface area contributed by atoms with Gasteiger partial charge in [0.05, 0.1) is 0 Å². The predicted molar refractivity (Wildman–Crippen MR) is 98.5 cm³/mol. The normalized spacial score (nSPS) is 12.8. The molecule has 0 heteroatoms. The first kappa shape index (κ1) is 15.8. The summed E-state index contributed by atoms with van der Waals surface area (Å²) in [5.41, 5.74) is 3.98. The van der Waals surface area contributed by atoms with Gasteiger partial charge in [-0.1, -0.05) is 109 Å². The molecule has 0 nitrogen and oxygen atoms in total. The number of benzene rings is 2. The number of hydrogen-bond donors (Lipinski definition) is 0. The molecule has 0 saturated heterocycles. The summed E-state index contributed by atoms with van der Waals surface area (Å²) in [4.78, 5) is 0. The molecule has 2 aromatic rings. The molecule has 110 valence electrons. The molecule has 0 amide bonds. The lowest BCUT2D eigenvalue weighted by atomic mass is 10.2. The molecule has 0 bridgehead atoms. The summed E-state index contributed by atoms with van der Waals surface area (Å²) in [6.45, 7) is 3.63. The van der Waals surface area contributed by atoms with Gasteiger partial charge < -0.3 is 0 Å². The van der Waals surface area contributed by atoms with Crippen molar-refractivity contribution in [2.45, 2.75) is 12.8 Å². The topological polar surface area (TPSA) is 0 Å². The Morgan fingerprint density at radius 3 is 1.77 bits per heavy atom. The van der Waals surface area contributed by atoms with Crippen LogP contribution in [-0.2, 0) is 0 Å². The van der Waals surface area contributed by atoms with Crippen LogP contribution in [0, 0.1) is 0 Å². The summed E-state index contributed by atoms with van der Waals surface area (Å²) in [6, 6.07) is 20.4. The summed E-state index contributed by atoms with van der Waals surface area (Å²) in [5.74, 6) is 0. The van der Waals surface area contributed by atoms with Gasteiger partial charge in [-0.3, -0.25) is 0 Å². The Balaban J connectivity index is 0.000000188. The van der Waals surface area contributed by atoms with Crippen molar-refractivity contribution in [3.63, 3.8) is 0 Å². The Kier molecular flexibility index (Phi) is 6.71. The summed E-state index contributed by atoms with van der Waals surface area (Å²) in [7, 11) is 0. The standard InChI is InChI=1S/C14H14.C8H8/c1-3-7-13(8-4-1)9-5-2-6-10-14-11-12-14;1-2-8-6-4-3-5-7-8/h1-10H,11-12H2;2-7H,1H2. The minimum atomic E-state index is 1.17. The lowest BCUT2D eigenvalue weighted by molar-refractivity contribution is 1.50. The fraction of sp³-hybridized carbons (Fsp3) is 0.0909. The van der Waals surface area contributed by atoms with E-state index < -0.39 is 0 Å². The van der Waals surface area contributed by atoms with Crippen LogP contribution in [-0.4, -0.2) is 0 Å². The molecular formula is C22H22. The molecule has 0 aromatic heterocycles. The maximum atomic E-state index is 3.63. The predicted octanol–water partition coefficient (Wildman–Crippen LogP) is 6.31. The van der Waals surface area contributed by atoms with Crippen molar-refractivity contribution in [1.82, 2.24) is 0 Å². The van der Waals surface area contributed by atoms with E-state index in [1.54, 1.807) is 5.57 Å². The van der Waals surface area contributed by atoms with Crippen LogP contribution in [0.3, 0.4) is 0 Å². The van der Waals surface area contributed by atoms with Crippen molar-refractivity contribution < 1.29 is 0 Å². The van der Waals surface area contributed by atoms with E-state index in [0.717, 1.165) is 0 Å². The minimum Gasteiger partial charge on any atom is -0.0985 e. The first-order valence-electron chi connectivity index (χ1n) is 7.64. The first-order chi connectivity index (χ1) is 10.9. The third-order valence-corrected chi connectivity index (χ3v) is 3.22. The highest BCUT2D eigenvalue weighted by atomic mass is 14.1. The molecule has 0 heterocycles. The van der Waals surface area contributed by atoms with Crippen molar-refractivity contribution in [3.05, 3.63) is 108 Å². The Morgan fingerprint density at radius 1 is 0.682 bits per heavy atom. The molecule has 2 aromatic carbocycles. The van der Waals surface area contributed by atoms with Gasteiger partial charge >= 0.3 is 0 Å². The highest BCUT2D eigenvalue weighted by Crippen LogP contribution is 2.27. The SMILES string of the molecule is C(=CC=C1CC1)C=Cc1ccccc1.C=Cc1ccccc1. The van der Waals surface area contributed by atoms with Crippen LogP contribution in [0.4, 0.5) is 0 Å². The van der Waals surface area contributed by atoms with E-state index in [4.69, 9.17) is 0 Å². The Labute approximate surface area is 133 Å². The van der Waals surface area contributed by atoms with E-state index in [9.17, 15) is 0 Å². The van der Waals surface area contributed by atoms with Gasteiger partial charge in [-0.2, -0.15) is 0 Å². The lowest BCUT2D eigenvalue weighted by Crippen LogP contribution is -1.66. The number of rotatable bonds is 4. The van der Waals surface area contributed by atoms with E-state index in [1.807, 2.05) is 42.5 Å². The van der Waals surface area contributed by atoms with E-state index in [1.165, 1.54) is 24.0 Å². The van der Waals surface area contributed by atoms with Crippen molar-refractivity contribution in [2.24, 2.45) is 0 Å². The molecule has 3 rings (SSSR count). The highest BCUT2D eigenvalue weighted by molar-refractivity contribution is 5.50. The summed E-state index contributed by atoms with van der Waals surface area (Å²) in [5, 5.41) is 0. The van der Waals surface area contributed by atoms with Crippen molar-refractivity contribution in [2.75, 3.05) is 0 Å². The van der Waals surface area contributed by atoms with Crippen LogP contribution in [0.2, 0.25) is 0 Å². The monoisotopic (exact) mass is 286 g/mol. The molecule has 1 aliphatic carbocycles. The van der Waals surface area contributed by atoms with Crippen LogP contribution in [0.1, 0.15) is 24.0 Å². The molecule has 0 radical (unpaired) electrons. The van der Waals surface area contributed by atoms with Crippen LogP contribution >= 0.6 is 0 Å². The van der Waals surface area contributed by atoms with E-state index in [2.05, 4.69) is 61.2 Å². The van der Waals surface area contributed by atoms with E-state index in [-0.39, 0.29) is 0 Å². The molecule has 22 heavy (non-hydrogen) atoms. The zero-order chi connectivity index (χ0) is 15.5. The molecule has 1 saturated carbocycles. The zero-order valence-corrected chi connectivity index (χ0v) is 12.9. The van der Waals surface area contributed by atoms with Gasteiger partial charge in [0.15, 0.2) is 0 Å². The molecular weight excluding hydrogens is 264 g/mol. The number of allylic oxidation sites excluding steroid dienone is 5. The molecule has 0 N–H and O–H groups in total. The van der Waals surface area contributed by atoms with Crippen LogP contribution in [0.15, 0.2) is 97.1 Å². The Hall–Kier alpha value is -2.60. The summed E-state index contributed by atoms with van der Waals surface area (Å²) < 4.78 is 0. The summed E-state index contributed by atoms with van der Waals surface area (Å²) in [6.07, 6.45) is 15.0. The fourth-order valence-corrected chi connectivity index (χ4v) is 1.81. The maximum absolute atomic E-state index is 3.63. The fourth-order valence-electron chi connectivity index (χ4n) is 1.81. The van der Waals surface area contributed by atoms with E-state index >= 15 is 0 Å². The van der Waals surface area contributed by atoms with Crippen LogP contribution in [0.5, 0.6) is 0 Å². The second-order valence-electron chi connectivity index (χ2n) is 5.09. The van der Waals surface area contributed by atoms with Gasteiger partial charge in [-0.15, -0.1) is 0 Å². The molecule has 0 aliphatic heterocycles. The highest BCUT2D eigenvalue weighted by Gasteiger charge is 2.07. The van der Waals surface area contributed by atoms with Crippen molar-refractivity contribution >= 4 is 12.2 Å². The first-order valence-corrected chi connectivity index (χ1v) is 7.64. The molecule has 0 atom stereocenters. The molecule has 1 aliphatic rings.